The highest BCUT2D eigenvalue weighted by atomic mass is 79.9. The number of carbonyl (C=O) groups excluding carboxylic acids is 1. The van der Waals surface area contributed by atoms with Crippen molar-refractivity contribution in [2.45, 2.75) is 20.8 Å². The molecule has 0 saturated carbocycles. The summed E-state index contributed by atoms with van der Waals surface area (Å²) in [6.45, 7) is 5.49. The minimum absolute atomic E-state index is 0.124. The zero-order valence-electron chi connectivity index (χ0n) is 14.7. The summed E-state index contributed by atoms with van der Waals surface area (Å²) in [5.41, 5.74) is 2.40. The minimum atomic E-state index is -0.300. The Hall–Kier alpha value is -2.74. The molecule has 0 saturated heterocycles. The van der Waals surface area contributed by atoms with Gasteiger partial charge in [0.25, 0.3) is 11.9 Å². The number of hydrogen-bond acceptors (Lipinski definition) is 5. The molecule has 2 aromatic heterocycles. The molecule has 3 aromatic rings. The molecular weight excluding hydrogens is 398 g/mol. The van der Waals surface area contributed by atoms with E-state index in [-0.39, 0.29) is 12.5 Å². The summed E-state index contributed by atoms with van der Waals surface area (Å²) < 4.78 is 7.85. The molecule has 0 radical (unpaired) electrons. The Balaban J connectivity index is 1.76. The third-order valence-electron chi connectivity index (χ3n) is 3.45. The lowest BCUT2D eigenvalue weighted by Crippen LogP contribution is -2.22. The van der Waals surface area contributed by atoms with Crippen LogP contribution in [0.4, 0.5) is 5.82 Å². The number of aromatic nitrogens is 4. The van der Waals surface area contributed by atoms with Crippen molar-refractivity contribution in [3.8, 4) is 11.7 Å². The number of carbonyl (C=O) groups is 1. The molecule has 1 amide bonds. The van der Waals surface area contributed by atoms with Gasteiger partial charge < -0.3 is 10.1 Å². The van der Waals surface area contributed by atoms with E-state index >= 15 is 0 Å². The fourth-order valence-corrected chi connectivity index (χ4v) is 2.83. The van der Waals surface area contributed by atoms with Gasteiger partial charge in [-0.1, -0.05) is 12.1 Å². The van der Waals surface area contributed by atoms with Gasteiger partial charge >= 0.3 is 0 Å². The first-order valence-electron chi connectivity index (χ1n) is 7.99. The SMILES string of the molecule is Cc1cc(C)nc(-n2nc(C)cc2NC(=O)COc2ccccc2Br)n1. The second-order valence-electron chi connectivity index (χ2n) is 5.80. The van der Waals surface area contributed by atoms with Crippen molar-refractivity contribution in [3.63, 3.8) is 0 Å². The van der Waals surface area contributed by atoms with Gasteiger partial charge in [-0.25, -0.2) is 9.97 Å². The van der Waals surface area contributed by atoms with Crippen molar-refractivity contribution >= 4 is 27.7 Å². The van der Waals surface area contributed by atoms with E-state index in [9.17, 15) is 4.79 Å². The van der Waals surface area contributed by atoms with Gasteiger partial charge in [0.15, 0.2) is 6.61 Å². The standard InChI is InChI=1S/C18H18BrN5O2/c1-11-8-12(2)21-18(20-11)24-16(9-13(3)23-24)22-17(25)10-26-15-7-5-4-6-14(15)19/h4-9H,10H2,1-3H3,(H,22,25). The van der Waals surface area contributed by atoms with E-state index in [0.717, 1.165) is 21.6 Å². The molecule has 7 nitrogen and oxygen atoms in total. The molecule has 26 heavy (non-hydrogen) atoms. The number of anilines is 1. The first-order valence-corrected chi connectivity index (χ1v) is 8.78. The number of ether oxygens (including phenoxy) is 1. The molecule has 0 atom stereocenters. The van der Waals surface area contributed by atoms with Crippen molar-refractivity contribution in [3.05, 3.63) is 58.0 Å². The van der Waals surface area contributed by atoms with E-state index in [4.69, 9.17) is 4.74 Å². The van der Waals surface area contributed by atoms with Gasteiger partial charge in [-0.2, -0.15) is 9.78 Å². The van der Waals surface area contributed by atoms with Crippen LogP contribution < -0.4 is 10.1 Å². The Labute approximate surface area is 159 Å². The smallest absolute Gasteiger partial charge is 0.263 e. The van der Waals surface area contributed by atoms with Gasteiger partial charge in [0.1, 0.15) is 11.6 Å². The van der Waals surface area contributed by atoms with Crippen molar-refractivity contribution in [1.82, 2.24) is 19.7 Å². The predicted molar refractivity (Wildman–Crippen MR) is 102 cm³/mol. The monoisotopic (exact) mass is 415 g/mol. The zero-order chi connectivity index (χ0) is 18.7. The van der Waals surface area contributed by atoms with Crippen LogP contribution in [0.15, 0.2) is 40.9 Å². The average Bonchev–Trinajstić information content (AvgIpc) is 2.93. The molecule has 1 N–H and O–H groups in total. The Kier molecular flexibility index (Phi) is 5.32. The fourth-order valence-electron chi connectivity index (χ4n) is 2.43. The molecular formula is C18H18BrN5O2. The maximum atomic E-state index is 12.3. The maximum Gasteiger partial charge on any atom is 0.263 e. The van der Waals surface area contributed by atoms with Crippen LogP contribution in [0, 0.1) is 20.8 Å². The van der Waals surface area contributed by atoms with Crippen LogP contribution in [0.25, 0.3) is 5.95 Å². The number of nitrogens with one attached hydrogen (secondary N) is 1. The first kappa shape index (κ1) is 18.1. The molecule has 2 heterocycles. The van der Waals surface area contributed by atoms with Gasteiger partial charge in [-0.3, -0.25) is 4.79 Å². The number of rotatable bonds is 5. The van der Waals surface area contributed by atoms with E-state index in [0.29, 0.717) is 17.5 Å². The fraction of sp³-hybridized carbons (Fsp3) is 0.222. The lowest BCUT2D eigenvalue weighted by molar-refractivity contribution is -0.118. The molecule has 0 unspecified atom stereocenters. The number of hydrogen-bond donors (Lipinski definition) is 1. The molecule has 0 aliphatic heterocycles. The zero-order valence-corrected chi connectivity index (χ0v) is 16.2. The number of aryl methyl sites for hydroxylation is 3. The molecule has 0 bridgehead atoms. The van der Waals surface area contributed by atoms with Gasteiger partial charge in [0, 0.05) is 17.5 Å². The van der Waals surface area contributed by atoms with Crippen molar-refractivity contribution < 1.29 is 9.53 Å². The lowest BCUT2D eigenvalue weighted by atomic mass is 10.3. The van der Waals surface area contributed by atoms with Crippen LogP contribution in [0.5, 0.6) is 5.75 Å². The Morgan fingerprint density at radius 3 is 2.50 bits per heavy atom. The number of halogens is 1. The average molecular weight is 416 g/mol. The molecule has 3 rings (SSSR count). The largest absolute Gasteiger partial charge is 0.483 e. The lowest BCUT2D eigenvalue weighted by Gasteiger charge is -2.10. The van der Waals surface area contributed by atoms with Gasteiger partial charge in [0.05, 0.1) is 10.2 Å². The summed E-state index contributed by atoms with van der Waals surface area (Å²) in [4.78, 5) is 21.1. The summed E-state index contributed by atoms with van der Waals surface area (Å²) in [5.74, 6) is 1.21. The quantitative estimate of drug-likeness (QED) is 0.690. The van der Waals surface area contributed by atoms with Crippen LogP contribution in [0.2, 0.25) is 0 Å². The molecule has 1 aromatic carbocycles. The number of nitrogens with zero attached hydrogens (tertiary/aromatic N) is 4. The van der Waals surface area contributed by atoms with E-state index in [1.54, 1.807) is 12.1 Å². The van der Waals surface area contributed by atoms with Crippen molar-refractivity contribution in [2.75, 3.05) is 11.9 Å². The van der Waals surface area contributed by atoms with Gasteiger partial charge in [0.2, 0.25) is 0 Å². The highest BCUT2D eigenvalue weighted by Gasteiger charge is 2.14. The summed E-state index contributed by atoms with van der Waals surface area (Å²) in [7, 11) is 0. The summed E-state index contributed by atoms with van der Waals surface area (Å²) in [6, 6.07) is 11.0. The van der Waals surface area contributed by atoms with E-state index in [1.807, 2.05) is 45.0 Å². The highest BCUT2D eigenvalue weighted by molar-refractivity contribution is 9.10. The minimum Gasteiger partial charge on any atom is -0.483 e. The second-order valence-corrected chi connectivity index (χ2v) is 6.66. The molecule has 0 aliphatic rings. The van der Waals surface area contributed by atoms with Crippen LogP contribution in [-0.4, -0.2) is 32.3 Å². The van der Waals surface area contributed by atoms with Gasteiger partial charge in [-0.15, -0.1) is 0 Å². The van der Waals surface area contributed by atoms with E-state index < -0.39 is 0 Å². The van der Waals surface area contributed by atoms with Crippen molar-refractivity contribution in [2.24, 2.45) is 0 Å². The third-order valence-corrected chi connectivity index (χ3v) is 4.11. The summed E-state index contributed by atoms with van der Waals surface area (Å²) >= 11 is 3.38. The van der Waals surface area contributed by atoms with Gasteiger partial charge in [-0.05, 0) is 54.9 Å². The molecule has 0 fully saturated rings. The Morgan fingerprint density at radius 2 is 1.81 bits per heavy atom. The molecule has 134 valence electrons. The van der Waals surface area contributed by atoms with E-state index in [2.05, 4.69) is 36.3 Å². The summed E-state index contributed by atoms with van der Waals surface area (Å²) in [6.07, 6.45) is 0. The maximum absolute atomic E-state index is 12.3. The normalized spacial score (nSPS) is 10.6. The Bertz CT molecular complexity index is 934. The molecule has 0 spiro atoms. The van der Waals surface area contributed by atoms with Crippen LogP contribution >= 0.6 is 15.9 Å². The van der Waals surface area contributed by atoms with Crippen LogP contribution in [0.3, 0.4) is 0 Å². The van der Waals surface area contributed by atoms with Crippen LogP contribution in [0.1, 0.15) is 17.1 Å². The number of para-hydroxylation sites is 1. The van der Waals surface area contributed by atoms with Crippen LogP contribution in [-0.2, 0) is 4.79 Å². The second kappa shape index (κ2) is 7.65. The molecule has 0 aliphatic carbocycles. The summed E-state index contributed by atoms with van der Waals surface area (Å²) in [5, 5.41) is 7.18. The predicted octanol–water partition coefficient (Wildman–Crippen LogP) is 3.37. The first-order chi connectivity index (χ1) is 12.4. The topological polar surface area (TPSA) is 81.9 Å². The molecule has 8 heteroatoms. The third kappa shape index (κ3) is 4.26. The highest BCUT2D eigenvalue weighted by Crippen LogP contribution is 2.23. The number of benzene rings is 1. The van der Waals surface area contributed by atoms with Crippen molar-refractivity contribution in [1.29, 1.82) is 0 Å². The van der Waals surface area contributed by atoms with E-state index in [1.165, 1.54) is 4.68 Å². The number of amides is 1. The Morgan fingerprint density at radius 1 is 1.12 bits per heavy atom.